The number of halogens is 7. The second-order valence-electron chi connectivity index (χ2n) is 9.84. The Morgan fingerprint density at radius 2 is 1.51 bits per heavy atom. The zero-order chi connectivity index (χ0) is 29.9. The molecule has 0 amide bonds. The first-order valence-electron chi connectivity index (χ1n) is 12.4. The van der Waals surface area contributed by atoms with Gasteiger partial charge in [0.25, 0.3) is 0 Å². The monoisotopic (exact) mass is 602 g/mol. The molecule has 0 bridgehead atoms. The fourth-order valence-corrected chi connectivity index (χ4v) is 5.09. The van der Waals surface area contributed by atoms with Crippen molar-refractivity contribution in [2.24, 2.45) is 0 Å². The van der Waals surface area contributed by atoms with Crippen molar-refractivity contribution in [3.63, 3.8) is 0 Å². The predicted octanol–water partition coefficient (Wildman–Crippen LogP) is 5.73. The lowest BCUT2D eigenvalue weighted by Gasteiger charge is -2.37. The maximum absolute atomic E-state index is 15.2. The van der Waals surface area contributed by atoms with Gasteiger partial charge in [0.1, 0.15) is 11.4 Å². The smallest absolute Gasteiger partial charge is 0.416 e. The van der Waals surface area contributed by atoms with Crippen LogP contribution >= 0.6 is 12.2 Å². The van der Waals surface area contributed by atoms with E-state index in [9.17, 15) is 41.0 Å². The molecule has 1 saturated heterocycles. The Morgan fingerprint density at radius 3 is 2.02 bits per heavy atom. The minimum atomic E-state index is -5.01. The maximum Gasteiger partial charge on any atom is 0.416 e. The number of alkyl halides is 6. The van der Waals surface area contributed by atoms with Crippen molar-refractivity contribution in [1.82, 2.24) is 9.47 Å². The molecule has 7 nitrogen and oxygen atoms in total. The summed E-state index contributed by atoms with van der Waals surface area (Å²) >= 11 is 5.25. The molecule has 2 aliphatic rings. The van der Waals surface area contributed by atoms with Crippen LogP contribution in [0.4, 0.5) is 42.1 Å². The molecule has 2 N–H and O–H groups in total. The molecule has 15 heteroatoms. The average Bonchev–Trinajstić information content (AvgIpc) is 3.73. The number of aromatic carboxylic acids is 1. The number of aromatic nitrogens is 1. The summed E-state index contributed by atoms with van der Waals surface area (Å²) in [5, 5.41) is 11.7. The Labute approximate surface area is 232 Å². The molecule has 218 valence electrons. The van der Waals surface area contributed by atoms with E-state index in [-0.39, 0.29) is 54.5 Å². The molecule has 0 spiro atoms. The van der Waals surface area contributed by atoms with Crippen molar-refractivity contribution in [2.45, 2.75) is 31.2 Å². The van der Waals surface area contributed by atoms with Crippen LogP contribution < -0.4 is 15.6 Å². The molecule has 1 saturated carbocycles. The Morgan fingerprint density at radius 1 is 0.927 bits per heavy atom. The zero-order valence-corrected chi connectivity index (χ0v) is 21.8. The van der Waals surface area contributed by atoms with Crippen LogP contribution in [-0.4, -0.2) is 51.8 Å². The van der Waals surface area contributed by atoms with Gasteiger partial charge in [0.05, 0.1) is 22.3 Å². The molecular weight excluding hydrogens is 581 g/mol. The van der Waals surface area contributed by atoms with E-state index in [4.69, 9.17) is 12.2 Å². The molecule has 41 heavy (non-hydrogen) atoms. The third-order valence-electron chi connectivity index (χ3n) is 7.02. The van der Waals surface area contributed by atoms with Gasteiger partial charge in [-0.2, -0.15) is 26.3 Å². The van der Waals surface area contributed by atoms with Crippen molar-refractivity contribution in [3.8, 4) is 0 Å². The van der Waals surface area contributed by atoms with Gasteiger partial charge in [-0.05, 0) is 55.4 Å². The zero-order valence-electron chi connectivity index (χ0n) is 20.9. The van der Waals surface area contributed by atoms with E-state index in [1.54, 1.807) is 9.47 Å². The highest BCUT2D eigenvalue weighted by atomic mass is 32.1. The first-order chi connectivity index (χ1) is 19.1. The number of carboxylic acids is 1. The van der Waals surface area contributed by atoms with Crippen LogP contribution in [0.2, 0.25) is 0 Å². The van der Waals surface area contributed by atoms with Gasteiger partial charge in [-0.3, -0.25) is 4.79 Å². The Bertz CT molecular complexity index is 1580. The first-order valence-corrected chi connectivity index (χ1v) is 12.8. The lowest BCUT2D eigenvalue weighted by Crippen LogP contribution is -2.50. The van der Waals surface area contributed by atoms with Gasteiger partial charge < -0.3 is 24.8 Å². The van der Waals surface area contributed by atoms with Crippen LogP contribution in [-0.2, 0) is 12.4 Å². The molecule has 0 atom stereocenters. The number of hydrogen-bond acceptors (Lipinski definition) is 4. The number of nitrogens with one attached hydrogen (secondary N) is 1. The summed E-state index contributed by atoms with van der Waals surface area (Å²) in [4.78, 5) is 27.5. The van der Waals surface area contributed by atoms with Gasteiger partial charge in [0, 0.05) is 49.5 Å². The minimum Gasteiger partial charge on any atom is -0.477 e. The van der Waals surface area contributed by atoms with Crippen LogP contribution in [0, 0.1) is 5.82 Å². The van der Waals surface area contributed by atoms with Crippen LogP contribution in [0.1, 0.15) is 40.4 Å². The normalized spacial score (nSPS) is 16.3. The number of carbonyl (C=O) groups is 1. The maximum atomic E-state index is 15.2. The summed E-state index contributed by atoms with van der Waals surface area (Å²) in [6.07, 6.45) is -7.18. The average molecular weight is 603 g/mol. The van der Waals surface area contributed by atoms with Crippen LogP contribution in [0.15, 0.2) is 41.3 Å². The molecule has 1 aliphatic heterocycles. The quantitative estimate of drug-likeness (QED) is 0.292. The third-order valence-corrected chi connectivity index (χ3v) is 7.38. The van der Waals surface area contributed by atoms with E-state index < -0.39 is 51.9 Å². The highest BCUT2D eigenvalue weighted by Gasteiger charge is 2.37. The number of piperazine rings is 1. The van der Waals surface area contributed by atoms with Crippen molar-refractivity contribution in [3.05, 3.63) is 69.3 Å². The molecule has 2 fully saturated rings. The third kappa shape index (κ3) is 5.80. The number of nitrogens with zero attached hydrogens (tertiary/aromatic N) is 3. The number of benzene rings is 2. The van der Waals surface area contributed by atoms with E-state index in [1.165, 1.54) is 17.2 Å². The van der Waals surface area contributed by atoms with E-state index in [0.29, 0.717) is 17.6 Å². The van der Waals surface area contributed by atoms with Gasteiger partial charge in [0.15, 0.2) is 5.11 Å². The standard InChI is InChI=1S/C26H21F7N4O3S/c27-19-10-17-20(37(16-1-2-16)12-18(22(17)38)23(39)40)11-21(19)35-3-5-36(6-4-35)24(41)34-15-8-13(25(28,29)30)7-14(9-15)26(31,32)33/h7-12,16H,1-6H2,(H,34,41)(H,39,40). The van der Waals surface area contributed by atoms with Crippen LogP contribution in [0.5, 0.6) is 0 Å². The molecule has 1 aliphatic carbocycles. The summed E-state index contributed by atoms with van der Waals surface area (Å²) in [5.74, 6) is -2.14. The lowest BCUT2D eigenvalue weighted by molar-refractivity contribution is -0.143. The summed E-state index contributed by atoms with van der Waals surface area (Å²) in [5.41, 5.74) is -4.11. The minimum absolute atomic E-state index is 0.0106. The Kier molecular flexibility index (Phi) is 7.12. The topological polar surface area (TPSA) is 77.8 Å². The second-order valence-corrected chi connectivity index (χ2v) is 10.2. The molecule has 2 aromatic carbocycles. The largest absolute Gasteiger partial charge is 0.477 e. The van der Waals surface area contributed by atoms with Gasteiger partial charge >= 0.3 is 18.3 Å². The summed E-state index contributed by atoms with van der Waals surface area (Å²) < 4.78 is 96.0. The Hall–Kier alpha value is -3.88. The molecule has 3 aromatic rings. The van der Waals surface area contributed by atoms with E-state index in [2.05, 4.69) is 5.32 Å². The fraction of sp³-hybridized carbons (Fsp3) is 0.346. The Balaban J connectivity index is 1.35. The summed E-state index contributed by atoms with van der Waals surface area (Å²) in [6.45, 7) is 0.729. The molecule has 0 unspecified atom stereocenters. The van der Waals surface area contributed by atoms with Crippen molar-refractivity contribution in [2.75, 3.05) is 36.4 Å². The molecule has 1 aromatic heterocycles. The van der Waals surface area contributed by atoms with Crippen molar-refractivity contribution in [1.29, 1.82) is 0 Å². The number of anilines is 2. The van der Waals surface area contributed by atoms with Crippen molar-refractivity contribution >= 4 is 45.6 Å². The molecular formula is C26H21F7N4O3S. The van der Waals surface area contributed by atoms with E-state index >= 15 is 4.39 Å². The van der Waals surface area contributed by atoms with E-state index in [0.717, 1.165) is 18.9 Å². The van der Waals surface area contributed by atoms with E-state index in [1.807, 2.05) is 0 Å². The summed E-state index contributed by atoms with van der Waals surface area (Å²) in [6, 6.07) is 3.60. The number of thiocarbonyl (C=S) groups is 1. The van der Waals surface area contributed by atoms with Gasteiger partial charge in [-0.25, -0.2) is 9.18 Å². The van der Waals surface area contributed by atoms with Gasteiger partial charge in [-0.1, -0.05) is 0 Å². The second kappa shape index (κ2) is 10.2. The molecule has 5 rings (SSSR count). The van der Waals surface area contributed by atoms with Gasteiger partial charge in [0.2, 0.25) is 5.43 Å². The number of rotatable bonds is 4. The van der Waals surface area contributed by atoms with Crippen LogP contribution in [0.25, 0.3) is 10.9 Å². The van der Waals surface area contributed by atoms with Gasteiger partial charge in [-0.15, -0.1) is 0 Å². The first kappa shape index (κ1) is 28.6. The van der Waals surface area contributed by atoms with Crippen molar-refractivity contribution < 1.29 is 40.6 Å². The number of pyridine rings is 1. The highest BCUT2D eigenvalue weighted by Crippen LogP contribution is 2.39. The number of carboxylic acid groups (broad SMARTS) is 1. The lowest BCUT2D eigenvalue weighted by atomic mass is 10.1. The predicted molar refractivity (Wildman–Crippen MR) is 140 cm³/mol. The summed E-state index contributed by atoms with van der Waals surface area (Å²) in [7, 11) is 0. The number of fused-ring (bicyclic) bond motifs is 1. The van der Waals surface area contributed by atoms with Crippen LogP contribution in [0.3, 0.4) is 0 Å². The molecule has 0 radical (unpaired) electrons. The fourth-order valence-electron chi connectivity index (χ4n) is 4.79. The number of hydrogen-bond donors (Lipinski definition) is 2. The molecule has 2 heterocycles. The highest BCUT2D eigenvalue weighted by molar-refractivity contribution is 7.80. The SMILES string of the molecule is O=C(O)c1cn(C2CC2)c2cc(N3CCN(C(=S)Nc4cc(C(F)(F)F)cc(C(F)(F)F)c4)CC3)c(F)cc2c1=O.